The van der Waals surface area contributed by atoms with Gasteiger partial charge in [0.05, 0.1) is 11.5 Å². The third kappa shape index (κ3) is 3.01. The molecule has 4 rings (SSSR count). The van der Waals surface area contributed by atoms with Crippen molar-refractivity contribution >= 4 is 23.3 Å². The van der Waals surface area contributed by atoms with Gasteiger partial charge in [0, 0.05) is 42.2 Å². The number of aliphatic hydroxyl groups excluding tert-OH is 1. The van der Waals surface area contributed by atoms with E-state index in [9.17, 15) is 24.3 Å². The summed E-state index contributed by atoms with van der Waals surface area (Å²) in [5, 5.41) is 19.8. The lowest BCUT2D eigenvalue weighted by Gasteiger charge is -2.60. The number of hydrogen-bond acceptors (Lipinski definition) is 5. The Labute approximate surface area is 196 Å². The number of Topliss-reactive ketones (excluding diaryl/α,β-unsaturated/α-hetero) is 3. The number of carboxylic acids is 1. The Balaban J connectivity index is 1.86. The van der Waals surface area contributed by atoms with Crippen molar-refractivity contribution in [2.24, 2.45) is 39.4 Å². The molecule has 2 saturated carbocycles. The molecule has 0 radical (unpaired) electrons. The predicted octanol–water partition coefficient (Wildman–Crippen LogP) is 4.13. The first-order valence-corrected chi connectivity index (χ1v) is 12.4. The molecule has 7 atom stereocenters. The van der Waals surface area contributed by atoms with Gasteiger partial charge in [0.1, 0.15) is 5.78 Å². The van der Waals surface area contributed by atoms with Gasteiger partial charge in [-0.1, -0.05) is 34.6 Å². The van der Waals surface area contributed by atoms with E-state index >= 15 is 0 Å². The summed E-state index contributed by atoms with van der Waals surface area (Å²) in [6.45, 7) is 11.8. The first kappa shape index (κ1) is 24.3. The van der Waals surface area contributed by atoms with Gasteiger partial charge >= 0.3 is 5.97 Å². The fourth-order valence-corrected chi connectivity index (χ4v) is 8.38. The maximum Gasteiger partial charge on any atom is 0.303 e. The standard InChI is InChI=1S/C27H38O6/c1-14(7-8-21(32)33)15-11-20(31)27(6)23-16(28)12-18-24(2,3)19(30)9-10-25(18,4)22(23)17(29)13-26(15,27)5/h14-15,18-19,30H,7-13H2,1-6H3,(H,32,33)/t14-,15-,18?,19+,25+,26-,27+/m1/s1. The van der Waals surface area contributed by atoms with Crippen molar-refractivity contribution in [1.82, 2.24) is 0 Å². The zero-order chi connectivity index (χ0) is 24.7. The van der Waals surface area contributed by atoms with Crippen molar-refractivity contribution in [3.05, 3.63) is 11.1 Å². The summed E-state index contributed by atoms with van der Waals surface area (Å²) < 4.78 is 0. The third-order valence-electron chi connectivity index (χ3n) is 10.7. The van der Waals surface area contributed by atoms with Gasteiger partial charge in [0.15, 0.2) is 11.6 Å². The second kappa shape index (κ2) is 7.34. The predicted molar refractivity (Wildman–Crippen MR) is 122 cm³/mol. The molecule has 0 aromatic heterocycles. The molecule has 0 spiro atoms. The highest BCUT2D eigenvalue weighted by atomic mass is 16.4. The number of carboxylic acid groups (broad SMARTS) is 1. The average Bonchev–Trinajstić information content (AvgIpc) is 2.92. The van der Waals surface area contributed by atoms with Gasteiger partial charge in [-0.15, -0.1) is 0 Å². The molecule has 0 aromatic rings. The Kier molecular flexibility index (Phi) is 5.41. The third-order valence-corrected chi connectivity index (χ3v) is 10.7. The smallest absolute Gasteiger partial charge is 0.303 e. The van der Waals surface area contributed by atoms with Crippen molar-refractivity contribution in [1.29, 1.82) is 0 Å². The van der Waals surface area contributed by atoms with Gasteiger partial charge < -0.3 is 10.2 Å². The molecule has 0 aliphatic heterocycles. The number of allylic oxidation sites excluding steroid dienone is 2. The highest BCUT2D eigenvalue weighted by Gasteiger charge is 2.70. The number of carbonyl (C=O) groups is 4. The molecule has 0 heterocycles. The number of aliphatic hydroxyl groups is 1. The van der Waals surface area contributed by atoms with Crippen LogP contribution in [-0.4, -0.2) is 39.6 Å². The maximum absolute atomic E-state index is 13.9. The number of carbonyl (C=O) groups excluding carboxylic acids is 3. The number of hydrogen-bond donors (Lipinski definition) is 2. The SMILES string of the molecule is C[C@H](CCC(=O)O)[C@H]1CC(=O)[C@@]2(C)C3=C(C(=O)C[C@]12C)[C@@]1(C)CC[C@H](O)C(C)(C)C1CC3=O. The first-order chi connectivity index (χ1) is 15.1. The zero-order valence-electron chi connectivity index (χ0n) is 20.8. The van der Waals surface area contributed by atoms with Crippen LogP contribution in [0.4, 0.5) is 0 Å². The van der Waals surface area contributed by atoms with Gasteiger partial charge in [-0.3, -0.25) is 19.2 Å². The van der Waals surface area contributed by atoms with E-state index in [0.717, 1.165) is 0 Å². The van der Waals surface area contributed by atoms with Crippen molar-refractivity contribution in [2.75, 3.05) is 0 Å². The molecule has 0 aromatic carbocycles. The van der Waals surface area contributed by atoms with E-state index in [4.69, 9.17) is 5.11 Å². The minimum atomic E-state index is -1.04. The van der Waals surface area contributed by atoms with Crippen LogP contribution in [0.2, 0.25) is 0 Å². The summed E-state index contributed by atoms with van der Waals surface area (Å²) in [6.07, 6.45) is 1.84. The highest BCUT2D eigenvalue weighted by Crippen LogP contribution is 2.70. The molecule has 182 valence electrons. The lowest BCUT2D eigenvalue weighted by molar-refractivity contribution is -0.145. The molecule has 0 amide bonds. The van der Waals surface area contributed by atoms with E-state index in [0.29, 0.717) is 30.4 Å². The summed E-state index contributed by atoms with van der Waals surface area (Å²) in [7, 11) is 0. The van der Waals surface area contributed by atoms with Crippen molar-refractivity contribution in [3.63, 3.8) is 0 Å². The summed E-state index contributed by atoms with van der Waals surface area (Å²) in [5.74, 6) is -1.37. The summed E-state index contributed by atoms with van der Waals surface area (Å²) in [6, 6.07) is 0. The van der Waals surface area contributed by atoms with E-state index in [1.807, 2.05) is 34.6 Å². The summed E-state index contributed by atoms with van der Waals surface area (Å²) in [4.78, 5) is 52.5. The van der Waals surface area contributed by atoms with E-state index in [-0.39, 0.29) is 60.8 Å². The van der Waals surface area contributed by atoms with Crippen LogP contribution in [0.25, 0.3) is 0 Å². The Hall–Kier alpha value is -1.82. The lowest BCUT2D eigenvalue weighted by atomic mass is 9.42. The van der Waals surface area contributed by atoms with Gasteiger partial charge in [-0.2, -0.15) is 0 Å². The molecule has 2 N–H and O–H groups in total. The molecule has 6 heteroatoms. The molecule has 4 aliphatic rings. The Morgan fingerprint density at radius 1 is 1.03 bits per heavy atom. The Morgan fingerprint density at radius 3 is 2.27 bits per heavy atom. The van der Waals surface area contributed by atoms with Crippen LogP contribution < -0.4 is 0 Å². The molecule has 2 fully saturated rings. The molecule has 6 nitrogen and oxygen atoms in total. The van der Waals surface area contributed by atoms with Crippen LogP contribution in [0.15, 0.2) is 11.1 Å². The van der Waals surface area contributed by atoms with Gasteiger partial charge in [-0.05, 0) is 54.8 Å². The van der Waals surface area contributed by atoms with E-state index in [1.165, 1.54) is 0 Å². The van der Waals surface area contributed by atoms with Crippen LogP contribution in [0.5, 0.6) is 0 Å². The zero-order valence-corrected chi connectivity index (χ0v) is 20.8. The molecule has 0 bridgehead atoms. The molecule has 33 heavy (non-hydrogen) atoms. The van der Waals surface area contributed by atoms with Crippen molar-refractivity contribution in [2.45, 2.75) is 92.6 Å². The van der Waals surface area contributed by atoms with Crippen molar-refractivity contribution < 1.29 is 29.4 Å². The quantitative estimate of drug-likeness (QED) is 0.656. The minimum Gasteiger partial charge on any atom is -0.481 e. The largest absolute Gasteiger partial charge is 0.481 e. The average molecular weight is 459 g/mol. The molecular weight excluding hydrogens is 420 g/mol. The number of aliphatic carboxylic acids is 1. The number of fused-ring (bicyclic) bond motifs is 4. The van der Waals surface area contributed by atoms with E-state index < -0.39 is 33.7 Å². The van der Waals surface area contributed by atoms with Gasteiger partial charge in [0.25, 0.3) is 0 Å². The summed E-state index contributed by atoms with van der Waals surface area (Å²) in [5.41, 5.74) is -1.80. The topological polar surface area (TPSA) is 109 Å². The number of rotatable bonds is 4. The Morgan fingerprint density at radius 2 is 1.67 bits per heavy atom. The van der Waals surface area contributed by atoms with Crippen molar-refractivity contribution in [3.8, 4) is 0 Å². The fraction of sp³-hybridized carbons (Fsp3) is 0.778. The second-order valence-electron chi connectivity index (χ2n) is 12.5. The summed E-state index contributed by atoms with van der Waals surface area (Å²) >= 11 is 0. The maximum atomic E-state index is 13.9. The normalized spacial score (nSPS) is 43.1. The van der Waals surface area contributed by atoms with Crippen LogP contribution in [0.1, 0.15) is 86.5 Å². The van der Waals surface area contributed by atoms with Gasteiger partial charge in [-0.25, -0.2) is 0 Å². The van der Waals surface area contributed by atoms with Crippen LogP contribution >= 0.6 is 0 Å². The number of ketones is 3. The monoisotopic (exact) mass is 458 g/mol. The lowest BCUT2D eigenvalue weighted by Crippen LogP contribution is -2.59. The fourth-order valence-electron chi connectivity index (χ4n) is 8.38. The molecule has 0 saturated heterocycles. The molecule has 4 aliphatic carbocycles. The van der Waals surface area contributed by atoms with Crippen LogP contribution in [0, 0.1) is 39.4 Å². The molecule has 1 unspecified atom stereocenters. The van der Waals surface area contributed by atoms with Gasteiger partial charge in [0.2, 0.25) is 0 Å². The van der Waals surface area contributed by atoms with E-state index in [1.54, 1.807) is 0 Å². The van der Waals surface area contributed by atoms with Crippen LogP contribution in [0.3, 0.4) is 0 Å². The van der Waals surface area contributed by atoms with E-state index in [2.05, 4.69) is 6.92 Å². The highest BCUT2D eigenvalue weighted by molar-refractivity contribution is 6.16. The minimum absolute atomic E-state index is 0.00248. The Bertz CT molecular complexity index is 975. The molecular formula is C27H38O6. The second-order valence-corrected chi connectivity index (χ2v) is 12.5. The van der Waals surface area contributed by atoms with Crippen LogP contribution in [-0.2, 0) is 19.2 Å². The first-order valence-electron chi connectivity index (χ1n) is 12.4.